The average molecular weight is 284 g/mol. The van der Waals surface area contributed by atoms with Crippen molar-refractivity contribution in [2.45, 2.75) is 13.2 Å². The van der Waals surface area contributed by atoms with Crippen molar-refractivity contribution in [1.82, 2.24) is 0 Å². The Morgan fingerprint density at radius 2 is 1.95 bits per heavy atom. The van der Waals surface area contributed by atoms with Gasteiger partial charge in [0.1, 0.15) is 12.4 Å². The lowest BCUT2D eigenvalue weighted by molar-refractivity contribution is -0.131. The molecule has 0 radical (unpaired) electrons. The molecule has 0 atom stereocenters. The first-order valence-electron chi connectivity index (χ1n) is 6.50. The van der Waals surface area contributed by atoms with E-state index in [0.717, 1.165) is 22.8 Å². The molecule has 0 saturated carbocycles. The van der Waals surface area contributed by atoms with Crippen molar-refractivity contribution in [2.24, 2.45) is 0 Å². The van der Waals surface area contributed by atoms with Crippen molar-refractivity contribution in [3.05, 3.63) is 71.3 Å². The van der Waals surface area contributed by atoms with Gasteiger partial charge in [0, 0.05) is 6.08 Å². The monoisotopic (exact) mass is 284 g/mol. The van der Waals surface area contributed by atoms with E-state index in [2.05, 4.69) is 0 Å². The van der Waals surface area contributed by atoms with Crippen LogP contribution in [0.3, 0.4) is 0 Å². The lowest BCUT2D eigenvalue weighted by atomic mass is 10.1. The zero-order valence-electron chi connectivity index (χ0n) is 11.4. The van der Waals surface area contributed by atoms with Gasteiger partial charge in [-0.2, -0.15) is 0 Å². The van der Waals surface area contributed by atoms with Gasteiger partial charge in [-0.1, -0.05) is 36.4 Å². The number of ether oxygens (including phenoxy) is 1. The molecule has 2 aromatic carbocycles. The topological polar surface area (TPSA) is 66.8 Å². The zero-order chi connectivity index (χ0) is 15.1. The van der Waals surface area contributed by atoms with Crippen LogP contribution in [0.2, 0.25) is 0 Å². The Morgan fingerprint density at radius 1 is 1.14 bits per heavy atom. The second-order valence-corrected chi connectivity index (χ2v) is 4.46. The third-order valence-corrected chi connectivity index (χ3v) is 2.94. The maximum absolute atomic E-state index is 10.6. The standard InChI is InChI=1S/C17H16O4/c18-11-13-4-3-7-16(10-13)21-12-15-6-2-1-5-14(15)8-9-17(19)20/h1-10,18H,11-12H2,(H,19,20). The molecular formula is C17H16O4. The summed E-state index contributed by atoms with van der Waals surface area (Å²) >= 11 is 0. The van der Waals surface area contributed by atoms with Crippen LogP contribution < -0.4 is 4.74 Å². The SMILES string of the molecule is O=C(O)C=Cc1ccccc1COc1cccc(CO)c1. The molecule has 0 aliphatic rings. The van der Waals surface area contributed by atoms with Crippen molar-refractivity contribution in [3.8, 4) is 5.75 Å². The minimum absolute atomic E-state index is 0.0326. The van der Waals surface area contributed by atoms with Crippen molar-refractivity contribution < 1.29 is 19.7 Å². The van der Waals surface area contributed by atoms with E-state index < -0.39 is 5.97 Å². The average Bonchev–Trinajstić information content (AvgIpc) is 2.52. The Bertz CT molecular complexity index is 647. The molecule has 2 aromatic rings. The van der Waals surface area contributed by atoms with Crippen LogP contribution in [0.25, 0.3) is 6.08 Å². The summed E-state index contributed by atoms with van der Waals surface area (Å²) in [5.41, 5.74) is 2.48. The van der Waals surface area contributed by atoms with Crippen LogP contribution in [0, 0.1) is 0 Å². The van der Waals surface area contributed by atoms with Gasteiger partial charge in [0.05, 0.1) is 6.61 Å². The smallest absolute Gasteiger partial charge is 0.328 e. The molecule has 2 N–H and O–H groups in total. The van der Waals surface area contributed by atoms with Crippen LogP contribution in [-0.4, -0.2) is 16.2 Å². The van der Waals surface area contributed by atoms with Crippen LogP contribution in [0.5, 0.6) is 5.75 Å². The largest absolute Gasteiger partial charge is 0.489 e. The summed E-state index contributed by atoms with van der Waals surface area (Å²) in [5, 5.41) is 17.8. The van der Waals surface area contributed by atoms with Gasteiger partial charge in [-0.05, 0) is 34.9 Å². The van der Waals surface area contributed by atoms with E-state index in [9.17, 15) is 4.79 Å². The normalized spacial score (nSPS) is 10.7. The van der Waals surface area contributed by atoms with Crippen LogP contribution in [0.4, 0.5) is 0 Å². The Morgan fingerprint density at radius 3 is 2.71 bits per heavy atom. The number of aliphatic hydroxyl groups is 1. The Kier molecular flexibility index (Phi) is 5.12. The summed E-state index contributed by atoms with van der Waals surface area (Å²) < 4.78 is 5.69. The number of aliphatic carboxylic acids is 1. The van der Waals surface area contributed by atoms with E-state index in [1.54, 1.807) is 12.1 Å². The van der Waals surface area contributed by atoms with E-state index >= 15 is 0 Å². The molecule has 0 saturated heterocycles. The quantitative estimate of drug-likeness (QED) is 0.800. The van der Waals surface area contributed by atoms with Crippen molar-refractivity contribution >= 4 is 12.0 Å². The van der Waals surface area contributed by atoms with Crippen molar-refractivity contribution in [2.75, 3.05) is 0 Å². The highest BCUT2D eigenvalue weighted by molar-refractivity contribution is 5.85. The first kappa shape index (κ1) is 14.8. The second kappa shape index (κ2) is 7.26. The van der Waals surface area contributed by atoms with Crippen LogP contribution in [0.1, 0.15) is 16.7 Å². The van der Waals surface area contributed by atoms with Gasteiger partial charge in [-0.25, -0.2) is 4.79 Å². The Labute approximate surface area is 122 Å². The van der Waals surface area contributed by atoms with Crippen LogP contribution >= 0.6 is 0 Å². The summed E-state index contributed by atoms with van der Waals surface area (Å²) in [7, 11) is 0. The number of hydrogen-bond donors (Lipinski definition) is 2. The molecule has 0 aliphatic carbocycles. The Balaban J connectivity index is 2.10. The number of carboxylic acids is 1. The maximum atomic E-state index is 10.6. The molecule has 108 valence electrons. The number of carboxylic acid groups (broad SMARTS) is 1. The van der Waals surface area contributed by atoms with Gasteiger partial charge in [-0.3, -0.25) is 0 Å². The number of carbonyl (C=O) groups is 1. The molecule has 0 amide bonds. The summed E-state index contributed by atoms with van der Waals surface area (Å²) in [5.74, 6) is -0.320. The van der Waals surface area contributed by atoms with E-state index in [4.69, 9.17) is 14.9 Å². The molecule has 0 spiro atoms. The first-order chi connectivity index (χ1) is 10.2. The van der Waals surface area contributed by atoms with Gasteiger partial charge < -0.3 is 14.9 Å². The fourth-order valence-electron chi connectivity index (χ4n) is 1.88. The molecule has 2 rings (SSSR count). The number of rotatable bonds is 6. The van der Waals surface area contributed by atoms with E-state index in [1.807, 2.05) is 42.5 Å². The summed E-state index contributed by atoms with van der Waals surface area (Å²) in [4.78, 5) is 10.6. The number of hydrogen-bond acceptors (Lipinski definition) is 3. The number of benzene rings is 2. The second-order valence-electron chi connectivity index (χ2n) is 4.46. The van der Waals surface area contributed by atoms with Gasteiger partial charge in [0.25, 0.3) is 0 Å². The fourth-order valence-corrected chi connectivity index (χ4v) is 1.88. The summed E-state index contributed by atoms with van der Waals surface area (Å²) in [6, 6.07) is 14.7. The molecule has 21 heavy (non-hydrogen) atoms. The minimum atomic E-state index is -0.985. The molecule has 0 aliphatic heterocycles. The highest BCUT2D eigenvalue weighted by atomic mass is 16.5. The van der Waals surface area contributed by atoms with E-state index in [-0.39, 0.29) is 6.61 Å². The maximum Gasteiger partial charge on any atom is 0.328 e. The molecule has 4 heteroatoms. The fraction of sp³-hybridized carbons (Fsp3) is 0.118. The van der Waals surface area contributed by atoms with Crippen molar-refractivity contribution in [1.29, 1.82) is 0 Å². The molecule has 0 unspecified atom stereocenters. The third kappa shape index (κ3) is 4.47. The van der Waals surface area contributed by atoms with Crippen LogP contribution in [0.15, 0.2) is 54.6 Å². The molecule has 0 heterocycles. The molecule has 0 bridgehead atoms. The molecule has 0 fully saturated rings. The predicted molar refractivity (Wildman–Crippen MR) is 79.8 cm³/mol. The molecule has 4 nitrogen and oxygen atoms in total. The minimum Gasteiger partial charge on any atom is -0.489 e. The summed E-state index contributed by atoms with van der Waals surface area (Å²) in [6.45, 7) is 0.296. The van der Waals surface area contributed by atoms with E-state index in [1.165, 1.54) is 0 Å². The van der Waals surface area contributed by atoms with Crippen molar-refractivity contribution in [3.63, 3.8) is 0 Å². The van der Waals surface area contributed by atoms with Gasteiger partial charge in [0.2, 0.25) is 0 Å². The third-order valence-electron chi connectivity index (χ3n) is 2.94. The van der Waals surface area contributed by atoms with Gasteiger partial charge in [-0.15, -0.1) is 0 Å². The zero-order valence-corrected chi connectivity index (χ0v) is 11.4. The number of aliphatic hydroxyl groups excluding tert-OH is 1. The first-order valence-corrected chi connectivity index (χ1v) is 6.50. The lowest BCUT2D eigenvalue weighted by Gasteiger charge is -2.09. The Hall–Kier alpha value is -2.59. The molecular weight excluding hydrogens is 268 g/mol. The highest BCUT2D eigenvalue weighted by Gasteiger charge is 2.02. The molecule has 0 aromatic heterocycles. The summed E-state index contributed by atoms with van der Waals surface area (Å²) in [6.07, 6.45) is 2.65. The van der Waals surface area contributed by atoms with Gasteiger partial charge in [0.15, 0.2) is 0 Å². The van der Waals surface area contributed by atoms with Crippen LogP contribution in [-0.2, 0) is 18.0 Å². The lowest BCUT2D eigenvalue weighted by Crippen LogP contribution is -1.98. The van der Waals surface area contributed by atoms with E-state index in [0.29, 0.717) is 12.4 Å². The predicted octanol–water partition coefficient (Wildman–Crippen LogP) is 2.86. The highest BCUT2D eigenvalue weighted by Crippen LogP contribution is 2.17. The van der Waals surface area contributed by atoms with Gasteiger partial charge >= 0.3 is 5.97 Å².